The van der Waals surface area contributed by atoms with Crippen molar-refractivity contribution in [3.05, 3.63) is 59.8 Å². The largest absolute Gasteiger partial charge is 0.308 e. The minimum absolute atomic E-state index is 0.206. The van der Waals surface area contributed by atoms with Crippen LogP contribution < -0.4 is 0 Å². The first-order valence-electron chi connectivity index (χ1n) is 8.45. The van der Waals surface area contributed by atoms with Gasteiger partial charge in [0.15, 0.2) is 5.65 Å². The number of piperidine rings is 1. The van der Waals surface area contributed by atoms with Gasteiger partial charge in [-0.15, -0.1) is 0 Å². The monoisotopic (exact) mass is 324 g/mol. The van der Waals surface area contributed by atoms with E-state index in [1.165, 1.54) is 12.1 Å². The van der Waals surface area contributed by atoms with Gasteiger partial charge in [0.05, 0.1) is 6.54 Å². The molecule has 0 aliphatic carbocycles. The quantitative estimate of drug-likeness (QED) is 0.740. The summed E-state index contributed by atoms with van der Waals surface area (Å²) in [6.45, 7) is 2.87. The second kappa shape index (κ2) is 6.32. The van der Waals surface area contributed by atoms with Crippen LogP contribution in [-0.2, 0) is 6.54 Å². The molecule has 0 atom stereocenters. The summed E-state index contributed by atoms with van der Waals surface area (Å²) in [6, 6.07) is 10.6. The Balaban J connectivity index is 1.74. The molecule has 1 saturated heterocycles. The van der Waals surface area contributed by atoms with Gasteiger partial charge in [0.1, 0.15) is 17.2 Å². The van der Waals surface area contributed by atoms with Gasteiger partial charge in [-0.05, 0) is 62.8 Å². The van der Waals surface area contributed by atoms with Crippen LogP contribution in [0.5, 0.6) is 0 Å². The second-order valence-corrected chi connectivity index (χ2v) is 6.61. The van der Waals surface area contributed by atoms with E-state index in [9.17, 15) is 4.39 Å². The number of nitrogens with zero attached hydrogens (tertiary/aromatic N) is 4. The third kappa shape index (κ3) is 2.91. The number of pyridine rings is 1. The second-order valence-electron chi connectivity index (χ2n) is 6.61. The molecule has 3 heterocycles. The van der Waals surface area contributed by atoms with Crippen molar-refractivity contribution in [2.45, 2.75) is 25.3 Å². The van der Waals surface area contributed by atoms with E-state index in [4.69, 9.17) is 4.98 Å². The van der Waals surface area contributed by atoms with Crippen molar-refractivity contribution in [1.82, 2.24) is 19.4 Å². The summed E-state index contributed by atoms with van der Waals surface area (Å²) in [7, 11) is 2.17. The molecule has 1 aliphatic rings. The van der Waals surface area contributed by atoms with E-state index in [1.54, 1.807) is 0 Å². The molecule has 0 spiro atoms. The van der Waals surface area contributed by atoms with Crippen LogP contribution in [0.3, 0.4) is 0 Å². The summed E-state index contributed by atoms with van der Waals surface area (Å²) in [6.07, 6.45) is 4.04. The number of rotatable bonds is 3. The summed E-state index contributed by atoms with van der Waals surface area (Å²) >= 11 is 0. The molecule has 0 bridgehead atoms. The maximum Gasteiger partial charge on any atom is 0.160 e. The van der Waals surface area contributed by atoms with E-state index in [1.807, 2.05) is 30.5 Å². The number of hydrogen-bond donors (Lipinski definition) is 0. The normalized spacial score (nSPS) is 16.8. The predicted octanol–water partition coefficient (Wildman–Crippen LogP) is 3.43. The molecule has 124 valence electrons. The highest BCUT2D eigenvalue weighted by atomic mass is 19.1. The number of imidazole rings is 1. The lowest BCUT2D eigenvalue weighted by atomic mass is 9.96. The van der Waals surface area contributed by atoms with Gasteiger partial charge in [-0.25, -0.2) is 14.4 Å². The Bertz CT molecular complexity index is 832. The third-order valence-electron chi connectivity index (χ3n) is 4.87. The number of fused-ring (bicyclic) bond motifs is 1. The van der Waals surface area contributed by atoms with Crippen LogP contribution in [0, 0.1) is 5.82 Å². The zero-order chi connectivity index (χ0) is 16.5. The number of halogens is 1. The number of likely N-dealkylation sites (tertiary alicyclic amines) is 1. The zero-order valence-corrected chi connectivity index (χ0v) is 13.8. The minimum Gasteiger partial charge on any atom is -0.308 e. The van der Waals surface area contributed by atoms with Crippen LogP contribution in [0.15, 0.2) is 42.6 Å². The molecule has 1 aromatic carbocycles. The van der Waals surface area contributed by atoms with Crippen LogP contribution >= 0.6 is 0 Å². The van der Waals surface area contributed by atoms with Gasteiger partial charge in [0, 0.05) is 12.1 Å². The average Bonchev–Trinajstić information content (AvgIpc) is 2.96. The van der Waals surface area contributed by atoms with Crippen molar-refractivity contribution in [1.29, 1.82) is 0 Å². The van der Waals surface area contributed by atoms with Gasteiger partial charge >= 0.3 is 0 Å². The first-order valence-corrected chi connectivity index (χ1v) is 8.45. The fourth-order valence-electron chi connectivity index (χ4n) is 3.48. The maximum absolute atomic E-state index is 13.2. The van der Waals surface area contributed by atoms with Crippen molar-refractivity contribution in [3.63, 3.8) is 0 Å². The number of hydrogen-bond acceptors (Lipinski definition) is 3. The van der Waals surface area contributed by atoms with Crippen LogP contribution in [0.25, 0.3) is 11.2 Å². The van der Waals surface area contributed by atoms with Gasteiger partial charge in [-0.1, -0.05) is 12.1 Å². The molecule has 1 fully saturated rings. The van der Waals surface area contributed by atoms with Crippen LogP contribution in [0.2, 0.25) is 0 Å². The number of benzene rings is 1. The highest BCUT2D eigenvalue weighted by molar-refractivity contribution is 5.71. The first kappa shape index (κ1) is 15.3. The molecule has 0 saturated carbocycles. The summed E-state index contributed by atoms with van der Waals surface area (Å²) in [5.41, 5.74) is 2.92. The Morgan fingerprint density at radius 1 is 1.12 bits per heavy atom. The van der Waals surface area contributed by atoms with Crippen molar-refractivity contribution >= 4 is 11.2 Å². The Kier molecular flexibility index (Phi) is 4.02. The van der Waals surface area contributed by atoms with Crippen molar-refractivity contribution in [2.75, 3.05) is 20.1 Å². The fourth-order valence-corrected chi connectivity index (χ4v) is 3.48. The fraction of sp³-hybridized carbons (Fsp3) is 0.368. The molecule has 1 aliphatic heterocycles. The van der Waals surface area contributed by atoms with Gasteiger partial charge in [-0.3, -0.25) is 0 Å². The van der Waals surface area contributed by atoms with E-state index < -0.39 is 0 Å². The lowest BCUT2D eigenvalue weighted by Crippen LogP contribution is -2.30. The highest BCUT2D eigenvalue weighted by Crippen LogP contribution is 2.29. The van der Waals surface area contributed by atoms with Gasteiger partial charge in [0.2, 0.25) is 0 Å². The molecular weight excluding hydrogens is 303 g/mol. The van der Waals surface area contributed by atoms with Gasteiger partial charge < -0.3 is 9.47 Å². The Morgan fingerprint density at radius 3 is 2.62 bits per heavy atom. The predicted molar refractivity (Wildman–Crippen MR) is 92.5 cm³/mol. The van der Waals surface area contributed by atoms with E-state index in [-0.39, 0.29) is 5.82 Å². The summed E-state index contributed by atoms with van der Waals surface area (Å²) < 4.78 is 15.4. The SMILES string of the molecule is CN1CCC(c2nc3cccnc3n2Cc2ccc(F)cc2)CC1. The zero-order valence-electron chi connectivity index (χ0n) is 13.8. The van der Waals surface area contributed by atoms with Crippen molar-refractivity contribution in [3.8, 4) is 0 Å². The highest BCUT2D eigenvalue weighted by Gasteiger charge is 2.24. The summed E-state index contributed by atoms with van der Waals surface area (Å²) in [4.78, 5) is 11.8. The lowest BCUT2D eigenvalue weighted by molar-refractivity contribution is 0.249. The molecule has 5 heteroatoms. The standard InChI is InChI=1S/C19H21FN4/c1-23-11-8-15(9-12-23)18-22-17-3-2-10-21-19(17)24(18)13-14-4-6-16(20)7-5-14/h2-7,10,15H,8-9,11-13H2,1H3. The Labute approximate surface area is 141 Å². The molecule has 0 unspecified atom stereocenters. The van der Waals surface area contributed by atoms with Crippen molar-refractivity contribution < 1.29 is 4.39 Å². The average molecular weight is 324 g/mol. The summed E-state index contributed by atoms with van der Waals surface area (Å²) in [5.74, 6) is 1.36. The van der Waals surface area contributed by atoms with E-state index in [0.717, 1.165) is 48.5 Å². The summed E-state index contributed by atoms with van der Waals surface area (Å²) in [5, 5.41) is 0. The maximum atomic E-state index is 13.2. The van der Waals surface area contributed by atoms with E-state index in [0.29, 0.717) is 12.5 Å². The van der Waals surface area contributed by atoms with Crippen LogP contribution in [0.1, 0.15) is 30.1 Å². The minimum atomic E-state index is -0.206. The van der Waals surface area contributed by atoms with Gasteiger partial charge in [0.25, 0.3) is 0 Å². The molecular formula is C19H21FN4. The smallest absolute Gasteiger partial charge is 0.160 e. The van der Waals surface area contributed by atoms with Crippen LogP contribution in [-0.4, -0.2) is 39.6 Å². The molecule has 0 amide bonds. The molecule has 3 aromatic rings. The lowest BCUT2D eigenvalue weighted by Gasteiger charge is -2.28. The van der Waals surface area contributed by atoms with Gasteiger partial charge in [-0.2, -0.15) is 0 Å². The molecule has 24 heavy (non-hydrogen) atoms. The topological polar surface area (TPSA) is 34.0 Å². The third-order valence-corrected chi connectivity index (χ3v) is 4.87. The molecule has 2 aromatic heterocycles. The van der Waals surface area contributed by atoms with Crippen LogP contribution in [0.4, 0.5) is 4.39 Å². The first-order chi connectivity index (χ1) is 11.7. The Morgan fingerprint density at radius 2 is 1.88 bits per heavy atom. The van der Waals surface area contributed by atoms with E-state index >= 15 is 0 Å². The molecule has 0 N–H and O–H groups in total. The Hall–Kier alpha value is -2.27. The molecule has 4 nitrogen and oxygen atoms in total. The molecule has 0 radical (unpaired) electrons. The van der Waals surface area contributed by atoms with Crippen molar-refractivity contribution in [2.24, 2.45) is 0 Å². The number of aromatic nitrogens is 3. The molecule has 4 rings (SSSR count). The van der Waals surface area contributed by atoms with E-state index in [2.05, 4.69) is 21.5 Å².